The van der Waals surface area contributed by atoms with Gasteiger partial charge in [0.25, 0.3) is 0 Å². The highest BCUT2D eigenvalue weighted by molar-refractivity contribution is 6.20. The van der Waals surface area contributed by atoms with Gasteiger partial charge in [0.1, 0.15) is 5.76 Å². The van der Waals surface area contributed by atoms with Crippen LogP contribution in [0.2, 0.25) is 0 Å². The molecule has 0 radical (unpaired) electrons. The number of aryl methyl sites for hydroxylation is 1. The van der Waals surface area contributed by atoms with Crippen LogP contribution in [0.4, 0.5) is 0 Å². The van der Waals surface area contributed by atoms with Crippen molar-refractivity contribution in [2.45, 2.75) is 6.92 Å². The van der Waals surface area contributed by atoms with Gasteiger partial charge in [-0.2, -0.15) is 0 Å². The van der Waals surface area contributed by atoms with Gasteiger partial charge in [-0.1, -0.05) is 0 Å². The van der Waals surface area contributed by atoms with E-state index in [1.54, 1.807) is 13.0 Å². The predicted molar refractivity (Wildman–Crippen MR) is 41.2 cm³/mol. The molecule has 3 nitrogen and oxygen atoms in total. The van der Waals surface area contributed by atoms with Crippen LogP contribution < -0.4 is 0 Å². The molecule has 0 spiro atoms. The summed E-state index contributed by atoms with van der Waals surface area (Å²) in [5.41, 5.74) is 0.375. The van der Waals surface area contributed by atoms with Crippen LogP contribution in [0.25, 0.3) is 0 Å². The molecular weight excluding hydrogens is 156 g/mol. The van der Waals surface area contributed by atoms with Gasteiger partial charge in [-0.25, -0.2) is 0 Å². The van der Waals surface area contributed by atoms with Crippen LogP contribution in [0.15, 0.2) is 22.6 Å². The standard InChI is InChI=1S/C9H6O3/c1-5-4-6-7(10)2-3-8(11)9(6)12-5/h2-4H,1H3. The van der Waals surface area contributed by atoms with Crippen LogP contribution in [-0.2, 0) is 0 Å². The first kappa shape index (κ1) is 7.03. The summed E-state index contributed by atoms with van der Waals surface area (Å²) < 4.78 is 5.07. The molecule has 1 aliphatic carbocycles. The zero-order valence-corrected chi connectivity index (χ0v) is 6.46. The van der Waals surface area contributed by atoms with Crippen molar-refractivity contribution in [1.82, 2.24) is 0 Å². The summed E-state index contributed by atoms with van der Waals surface area (Å²) >= 11 is 0. The van der Waals surface area contributed by atoms with Crippen LogP contribution in [0.5, 0.6) is 0 Å². The molecule has 0 atom stereocenters. The van der Waals surface area contributed by atoms with Gasteiger partial charge in [0.15, 0.2) is 11.5 Å². The van der Waals surface area contributed by atoms with Crippen molar-refractivity contribution in [3.05, 3.63) is 35.3 Å². The van der Waals surface area contributed by atoms with Crippen molar-refractivity contribution in [1.29, 1.82) is 0 Å². The average Bonchev–Trinajstić information content (AvgIpc) is 2.41. The number of carbonyl (C=O) groups excluding carboxylic acids is 2. The van der Waals surface area contributed by atoms with E-state index < -0.39 is 0 Å². The van der Waals surface area contributed by atoms with E-state index in [0.29, 0.717) is 11.3 Å². The van der Waals surface area contributed by atoms with E-state index in [-0.39, 0.29) is 17.3 Å². The number of rotatable bonds is 0. The smallest absolute Gasteiger partial charge is 0.221 e. The lowest BCUT2D eigenvalue weighted by Gasteiger charge is -1.98. The van der Waals surface area contributed by atoms with Crippen LogP contribution in [0.3, 0.4) is 0 Å². The quantitative estimate of drug-likeness (QED) is 0.581. The maximum atomic E-state index is 11.1. The van der Waals surface area contributed by atoms with E-state index in [0.717, 1.165) is 0 Å². The monoisotopic (exact) mass is 162 g/mol. The van der Waals surface area contributed by atoms with E-state index in [4.69, 9.17) is 4.42 Å². The van der Waals surface area contributed by atoms with Crippen LogP contribution in [0.1, 0.15) is 26.7 Å². The highest BCUT2D eigenvalue weighted by Gasteiger charge is 2.23. The fourth-order valence-corrected chi connectivity index (χ4v) is 1.20. The minimum absolute atomic E-state index is 0.165. The average molecular weight is 162 g/mol. The van der Waals surface area contributed by atoms with Gasteiger partial charge < -0.3 is 4.42 Å². The van der Waals surface area contributed by atoms with Gasteiger partial charge in [0, 0.05) is 0 Å². The Hall–Kier alpha value is -1.64. The second kappa shape index (κ2) is 2.17. The Labute approximate surface area is 68.7 Å². The zero-order valence-electron chi connectivity index (χ0n) is 6.46. The fourth-order valence-electron chi connectivity index (χ4n) is 1.20. The summed E-state index contributed by atoms with van der Waals surface area (Å²) in [5.74, 6) is 0.351. The van der Waals surface area contributed by atoms with E-state index in [2.05, 4.69) is 0 Å². The van der Waals surface area contributed by atoms with Gasteiger partial charge in [-0.05, 0) is 25.1 Å². The molecule has 60 valence electrons. The molecule has 0 aliphatic heterocycles. The van der Waals surface area contributed by atoms with Gasteiger partial charge in [0.05, 0.1) is 5.56 Å². The van der Waals surface area contributed by atoms with Crippen molar-refractivity contribution < 1.29 is 14.0 Å². The zero-order chi connectivity index (χ0) is 8.72. The molecule has 0 bridgehead atoms. The molecule has 2 rings (SSSR count). The number of hydrogen-bond acceptors (Lipinski definition) is 3. The van der Waals surface area contributed by atoms with E-state index in [9.17, 15) is 9.59 Å². The Morgan fingerprint density at radius 1 is 1.17 bits per heavy atom. The third kappa shape index (κ3) is 0.830. The van der Waals surface area contributed by atoms with Crippen molar-refractivity contribution in [2.24, 2.45) is 0 Å². The maximum absolute atomic E-state index is 11.1. The van der Waals surface area contributed by atoms with Gasteiger partial charge in [-0.15, -0.1) is 0 Å². The molecule has 12 heavy (non-hydrogen) atoms. The molecule has 0 saturated heterocycles. The van der Waals surface area contributed by atoms with Crippen molar-refractivity contribution in [3.8, 4) is 0 Å². The fraction of sp³-hybridized carbons (Fsp3) is 0.111. The first-order valence-corrected chi connectivity index (χ1v) is 3.55. The molecule has 0 fully saturated rings. The molecule has 0 amide bonds. The van der Waals surface area contributed by atoms with Crippen LogP contribution in [0, 0.1) is 6.92 Å². The largest absolute Gasteiger partial charge is 0.457 e. The number of ketones is 2. The second-order valence-electron chi connectivity index (χ2n) is 2.66. The SMILES string of the molecule is Cc1cc2c(o1)C(=O)C=CC2=O. The molecule has 1 aromatic heterocycles. The Bertz CT molecular complexity index is 360. The van der Waals surface area contributed by atoms with Crippen LogP contribution >= 0.6 is 0 Å². The summed E-state index contributed by atoms with van der Waals surface area (Å²) in [6, 6.07) is 1.58. The van der Waals surface area contributed by atoms with Crippen molar-refractivity contribution >= 4 is 11.6 Å². The minimum atomic E-state index is -0.238. The third-order valence-electron chi connectivity index (χ3n) is 1.73. The van der Waals surface area contributed by atoms with Gasteiger partial charge in [-0.3, -0.25) is 9.59 Å². The molecule has 0 unspecified atom stereocenters. The molecule has 1 aliphatic rings. The molecular formula is C9H6O3. The van der Waals surface area contributed by atoms with Crippen molar-refractivity contribution in [2.75, 3.05) is 0 Å². The summed E-state index contributed by atoms with van der Waals surface area (Å²) in [4.78, 5) is 22.3. The maximum Gasteiger partial charge on any atom is 0.221 e. The topological polar surface area (TPSA) is 47.3 Å². The number of hydrogen-bond donors (Lipinski definition) is 0. The normalized spacial score (nSPS) is 15.1. The molecule has 0 aromatic carbocycles. The molecule has 0 N–H and O–H groups in total. The molecule has 0 saturated carbocycles. The second-order valence-corrected chi connectivity index (χ2v) is 2.66. The van der Waals surface area contributed by atoms with E-state index in [1.165, 1.54) is 12.2 Å². The third-order valence-corrected chi connectivity index (χ3v) is 1.73. The summed E-state index contributed by atoms with van der Waals surface area (Å²) in [5, 5.41) is 0. The van der Waals surface area contributed by atoms with E-state index in [1.807, 2.05) is 0 Å². The Kier molecular flexibility index (Phi) is 1.27. The van der Waals surface area contributed by atoms with Gasteiger partial charge >= 0.3 is 0 Å². The number of furan rings is 1. The lowest BCUT2D eigenvalue weighted by Crippen LogP contribution is -2.07. The molecule has 1 heterocycles. The number of fused-ring (bicyclic) bond motifs is 1. The number of allylic oxidation sites excluding steroid dienone is 2. The number of carbonyl (C=O) groups is 2. The van der Waals surface area contributed by atoms with Crippen LogP contribution in [-0.4, -0.2) is 11.6 Å². The summed E-state index contributed by atoms with van der Waals surface area (Å²) in [7, 11) is 0. The Morgan fingerprint density at radius 2 is 1.83 bits per heavy atom. The summed E-state index contributed by atoms with van der Waals surface area (Å²) in [6.07, 6.45) is 2.49. The highest BCUT2D eigenvalue weighted by Crippen LogP contribution is 2.20. The van der Waals surface area contributed by atoms with Crippen molar-refractivity contribution in [3.63, 3.8) is 0 Å². The highest BCUT2D eigenvalue weighted by atomic mass is 16.3. The van der Waals surface area contributed by atoms with E-state index >= 15 is 0 Å². The first-order chi connectivity index (χ1) is 5.68. The lowest BCUT2D eigenvalue weighted by molar-refractivity contribution is 0.0975. The minimum Gasteiger partial charge on any atom is -0.457 e. The molecule has 3 heteroatoms. The predicted octanol–water partition coefficient (Wildman–Crippen LogP) is 1.52. The Balaban J connectivity index is 2.68. The summed E-state index contributed by atoms with van der Waals surface area (Å²) in [6.45, 7) is 1.71. The lowest BCUT2D eigenvalue weighted by atomic mass is 10.0. The first-order valence-electron chi connectivity index (χ1n) is 3.55. The molecule has 1 aromatic rings. The van der Waals surface area contributed by atoms with Gasteiger partial charge in [0.2, 0.25) is 5.78 Å². The Morgan fingerprint density at radius 3 is 2.50 bits per heavy atom.